The molecule has 3 nitrogen and oxygen atoms in total. The molecule has 0 aliphatic carbocycles. The second kappa shape index (κ2) is 5.28. The summed E-state index contributed by atoms with van der Waals surface area (Å²) in [6.07, 6.45) is 1.05. The Bertz CT molecular complexity index is 301. The SMILES string of the molecule is CC(C)(N)CC(=O)OCCc1cccs1. The van der Waals surface area contributed by atoms with Gasteiger partial charge in [0, 0.05) is 16.8 Å². The summed E-state index contributed by atoms with van der Waals surface area (Å²) >= 11 is 1.67. The van der Waals surface area contributed by atoms with Crippen LogP contribution >= 0.6 is 11.3 Å². The Hall–Kier alpha value is -0.870. The number of ether oxygens (including phenoxy) is 1. The van der Waals surface area contributed by atoms with Gasteiger partial charge in [0.15, 0.2) is 0 Å². The topological polar surface area (TPSA) is 52.3 Å². The standard InChI is InChI=1S/C11H17NO2S/c1-11(2,12)8-10(13)14-6-5-9-4-3-7-15-9/h3-4,7H,5-6,8,12H2,1-2H3. The largest absolute Gasteiger partial charge is 0.465 e. The summed E-state index contributed by atoms with van der Waals surface area (Å²) in [6, 6.07) is 4.02. The number of hydrogen-bond donors (Lipinski definition) is 1. The Morgan fingerprint density at radius 2 is 2.33 bits per heavy atom. The molecule has 0 aliphatic rings. The third-order valence-corrected chi connectivity index (χ3v) is 2.73. The van der Waals surface area contributed by atoms with Crippen LogP contribution in [-0.4, -0.2) is 18.1 Å². The van der Waals surface area contributed by atoms with E-state index in [-0.39, 0.29) is 12.4 Å². The van der Waals surface area contributed by atoms with Gasteiger partial charge in [-0.1, -0.05) is 6.07 Å². The van der Waals surface area contributed by atoms with Gasteiger partial charge in [0.25, 0.3) is 0 Å². The molecule has 0 radical (unpaired) electrons. The number of rotatable bonds is 5. The molecule has 2 N–H and O–H groups in total. The Morgan fingerprint density at radius 3 is 2.87 bits per heavy atom. The van der Waals surface area contributed by atoms with Crippen LogP contribution in [0.5, 0.6) is 0 Å². The van der Waals surface area contributed by atoms with Crippen molar-refractivity contribution in [2.45, 2.75) is 32.2 Å². The van der Waals surface area contributed by atoms with E-state index in [1.54, 1.807) is 11.3 Å². The van der Waals surface area contributed by atoms with Gasteiger partial charge in [0.1, 0.15) is 0 Å². The number of carbonyl (C=O) groups excluding carboxylic acids is 1. The Kier molecular flexibility index (Phi) is 4.29. The van der Waals surface area contributed by atoms with E-state index in [1.807, 2.05) is 31.4 Å². The first-order chi connectivity index (χ1) is 6.97. The fourth-order valence-electron chi connectivity index (χ4n) is 1.14. The second-order valence-electron chi connectivity index (χ2n) is 4.22. The maximum Gasteiger partial charge on any atom is 0.307 e. The van der Waals surface area contributed by atoms with Gasteiger partial charge in [-0.15, -0.1) is 11.3 Å². The first kappa shape index (κ1) is 12.2. The summed E-state index contributed by atoms with van der Waals surface area (Å²) in [7, 11) is 0. The van der Waals surface area contributed by atoms with Crippen molar-refractivity contribution >= 4 is 17.3 Å². The lowest BCUT2D eigenvalue weighted by atomic mass is 10.0. The third kappa shape index (κ3) is 5.54. The molecule has 1 rings (SSSR count). The zero-order chi connectivity index (χ0) is 11.3. The zero-order valence-corrected chi connectivity index (χ0v) is 9.97. The molecular formula is C11H17NO2S. The Morgan fingerprint density at radius 1 is 1.60 bits per heavy atom. The number of hydrogen-bond acceptors (Lipinski definition) is 4. The molecule has 0 spiro atoms. The van der Waals surface area contributed by atoms with E-state index in [9.17, 15) is 4.79 Å². The van der Waals surface area contributed by atoms with Crippen molar-refractivity contribution in [1.82, 2.24) is 0 Å². The molecule has 0 unspecified atom stereocenters. The molecule has 0 atom stereocenters. The quantitative estimate of drug-likeness (QED) is 0.782. The van der Waals surface area contributed by atoms with E-state index in [4.69, 9.17) is 10.5 Å². The predicted molar refractivity (Wildman–Crippen MR) is 61.9 cm³/mol. The number of esters is 1. The van der Waals surface area contributed by atoms with Crippen LogP contribution < -0.4 is 5.73 Å². The van der Waals surface area contributed by atoms with Crippen molar-refractivity contribution in [2.24, 2.45) is 5.73 Å². The first-order valence-electron chi connectivity index (χ1n) is 4.94. The summed E-state index contributed by atoms with van der Waals surface area (Å²) in [5.74, 6) is -0.223. The molecule has 0 fully saturated rings. The van der Waals surface area contributed by atoms with Gasteiger partial charge in [0.2, 0.25) is 0 Å². The smallest absolute Gasteiger partial charge is 0.307 e. The van der Waals surface area contributed by atoms with Crippen LogP contribution in [0.2, 0.25) is 0 Å². The highest BCUT2D eigenvalue weighted by atomic mass is 32.1. The maximum absolute atomic E-state index is 11.3. The number of nitrogens with two attached hydrogens (primary N) is 1. The minimum Gasteiger partial charge on any atom is -0.465 e. The Labute approximate surface area is 94.2 Å². The number of thiophene rings is 1. The van der Waals surface area contributed by atoms with Crippen LogP contribution in [0.4, 0.5) is 0 Å². The van der Waals surface area contributed by atoms with Gasteiger partial charge in [-0.25, -0.2) is 0 Å². The molecule has 84 valence electrons. The average Bonchev–Trinajstić information content (AvgIpc) is 2.53. The lowest BCUT2D eigenvalue weighted by molar-refractivity contribution is -0.144. The van der Waals surface area contributed by atoms with Crippen LogP contribution in [0.1, 0.15) is 25.1 Å². The van der Waals surface area contributed by atoms with Crippen LogP contribution in [0, 0.1) is 0 Å². The monoisotopic (exact) mass is 227 g/mol. The average molecular weight is 227 g/mol. The lowest BCUT2D eigenvalue weighted by Crippen LogP contribution is -2.35. The van der Waals surface area contributed by atoms with E-state index in [1.165, 1.54) is 4.88 Å². The molecule has 0 aliphatic heterocycles. The molecule has 4 heteroatoms. The van der Waals surface area contributed by atoms with Gasteiger partial charge in [-0.05, 0) is 25.3 Å². The molecule has 0 amide bonds. The van der Waals surface area contributed by atoms with Crippen molar-refractivity contribution in [3.05, 3.63) is 22.4 Å². The molecule has 0 aromatic carbocycles. The number of carbonyl (C=O) groups is 1. The van der Waals surface area contributed by atoms with Crippen LogP contribution in [0.25, 0.3) is 0 Å². The Balaban J connectivity index is 2.18. The van der Waals surface area contributed by atoms with Gasteiger partial charge < -0.3 is 10.5 Å². The molecule has 15 heavy (non-hydrogen) atoms. The highest BCUT2D eigenvalue weighted by Gasteiger charge is 2.17. The molecule has 1 aromatic rings. The molecule has 0 bridgehead atoms. The molecule has 0 saturated heterocycles. The van der Waals surface area contributed by atoms with Crippen molar-refractivity contribution in [1.29, 1.82) is 0 Å². The van der Waals surface area contributed by atoms with Gasteiger partial charge >= 0.3 is 5.97 Å². The lowest BCUT2D eigenvalue weighted by Gasteiger charge is -2.16. The van der Waals surface area contributed by atoms with Crippen molar-refractivity contribution < 1.29 is 9.53 Å². The zero-order valence-electron chi connectivity index (χ0n) is 9.16. The minimum absolute atomic E-state index is 0.223. The molecule has 0 saturated carbocycles. The fourth-order valence-corrected chi connectivity index (χ4v) is 1.83. The summed E-state index contributed by atoms with van der Waals surface area (Å²) in [5, 5.41) is 2.01. The van der Waals surface area contributed by atoms with Crippen LogP contribution in [0.15, 0.2) is 17.5 Å². The van der Waals surface area contributed by atoms with E-state index in [2.05, 4.69) is 0 Å². The van der Waals surface area contributed by atoms with Gasteiger partial charge in [0.05, 0.1) is 13.0 Å². The summed E-state index contributed by atoms with van der Waals surface area (Å²) in [6.45, 7) is 4.07. The van der Waals surface area contributed by atoms with E-state index in [0.29, 0.717) is 6.61 Å². The van der Waals surface area contributed by atoms with Crippen LogP contribution in [0.3, 0.4) is 0 Å². The molecular weight excluding hydrogens is 210 g/mol. The molecule has 1 aromatic heterocycles. The summed E-state index contributed by atoms with van der Waals surface area (Å²) in [5.41, 5.74) is 5.22. The van der Waals surface area contributed by atoms with Crippen LogP contribution in [-0.2, 0) is 16.0 Å². The van der Waals surface area contributed by atoms with E-state index < -0.39 is 5.54 Å². The molecule has 1 heterocycles. The third-order valence-electron chi connectivity index (χ3n) is 1.79. The fraction of sp³-hybridized carbons (Fsp3) is 0.545. The van der Waals surface area contributed by atoms with Crippen molar-refractivity contribution in [2.75, 3.05) is 6.61 Å². The van der Waals surface area contributed by atoms with E-state index in [0.717, 1.165) is 6.42 Å². The van der Waals surface area contributed by atoms with Crippen molar-refractivity contribution in [3.8, 4) is 0 Å². The van der Waals surface area contributed by atoms with Gasteiger partial charge in [-0.3, -0.25) is 4.79 Å². The van der Waals surface area contributed by atoms with E-state index >= 15 is 0 Å². The maximum atomic E-state index is 11.3. The highest BCUT2D eigenvalue weighted by molar-refractivity contribution is 7.09. The second-order valence-corrected chi connectivity index (χ2v) is 5.25. The minimum atomic E-state index is -0.486. The first-order valence-corrected chi connectivity index (χ1v) is 5.82. The van der Waals surface area contributed by atoms with Gasteiger partial charge in [-0.2, -0.15) is 0 Å². The summed E-state index contributed by atoms with van der Waals surface area (Å²) in [4.78, 5) is 12.5. The summed E-state index contributed by atoms with van der Waals surface area (Å²) < 4.78 is 5.08. The normalized spacial score (nSPS) is 11.4. The predicted octanol–water partition coefficient (Wildman–Crippen LogP) is 1.96. The van der Waals surface area contributed by atoms with Crippen molar-refractivity contribution in [3.63, 3.8) is 0 Å². The highest BCUT2D eigenvalue weighted by Crippen LogP contribution is 2.10.